The van der Waals surface area contributed by atoms with Crippen LogP contribution in [0.15, 0.2) is 28.8 Å². The van der Waals surface area contributed by atoms with Gasteiger partial charge in [0.1, 0.15) is 0 Å². The fourth-order valence-corrected chi connectivity index (χ4v) is 2.08. The maximum absolute atomic E-state index is 6.14. The van der Waals surface area contributed by atoms with Crippen LogP contribution in [0.5, 0.6) is 0 Å². The topological polar surface area (TPSA) is 42.2 Å². The Morgan fingerprint density at radius 1 is 1.26 bits per heavy atom. The van der Waals surface area contributed by atoms with E-state index in [9.17, 15) is 0 Å². The largest absolute Gasteiger partial charge is 0.338 e. The van der Waals surface area contributed by atoms with Gasteiger partial charge < -0.3 is 4.52 Å². The first kappa shape index (κ1) is 14.0. The highest BCUT2D eigenvalue weighted by Gasteiger charge is 2.10. The first-order valence-electron chi connectivity index (χ1n) is 6.42. The number of halogens is 1. The highest BCUT2D eigenvalue weighted by molar-refractivity contribution is 6.31. The lowest BCUT2D eigenvalue weighted by molar-refractivity contribution is 0.260. The molecule has 102 valence electrons. The highest BCUT2D eigenvalue weighted by atomic mass is 35.5. The van der Waals surface area contributed by atoms with Crippen LogP contribution < -0.4 is 0 Å². The molecule has 1 heterocycles. The molecule has 0 atom stereocenters. The van der Waals surface area contributed by atoms with Crippen molar-refractivity contribution in [3.8, 4) is 0 Å². The molecule has 0 spiro atoms. The molecule has 5 heteroatoms. The second-order valence-electron chi connectivity index (χ2n) is 4.62. The van der Waals surface area contributed by atoms with Gasteiger partial charge in [-0.25, -0.2) is 0 Å². The summed E-state index contributed by atoms with van der Waals surface area (Å²) in [5, 5.41) is 4.73. The van der Waals surface area contributed by atoms with Crippen molar-refractivity contribution in [2.75, 3.05) is 7.05 Å². The zero-order chi connectivity index (χ0) is 13.7. The molecule has 0 saturated carbocycles. The molecule has 0 saturated heterocycles. The van der Waals surface area contributed by atoms with Crippen LogP contribution in [0.1, 0.15) is 30.6 Å². The molecule has 0 amide bonds. The fourth-order valence-electron chi connectivity index (χ4n) is 1.88. The van der Waals surface area contributed by atoms with Gasteiger partial charge >= 0.3 is 0 Å². The molecule has 0 unspecified atom stereocenters. The van der Waals surface area contributed by atoms with Crippen molar-refractivity contribution in [2.24, 2.45) is 0 Å². The molecule has 1 aromatic carbocycles. The second kappa shape index (κ2) is 6.68. The van der Waals surface area contributed by atoms with Crippen molar-refractivity contribution < 1.29 is 4.52 Å². The van der Waals surface area contributed by atoms with Crippen LogP contribution in [-0.4, -0.2) is 22.1 Å². The van der Waals surface area contributed by atoms with Crippen molar-refractivity contribution in [1.29, 1.82) is 0 Å². The number of hydrogen-bond donors (Lipinski definition) is 0. The first-order chi connectivity index (χ1) is 9.19. The molecule has 0 aliphatic rings. The van der Waals surface area contributed by atoms with Gasteiger partial charge in [0.15, 0.2) is 5.82 Å². The average molecular weight is 280 g/mol. The lowest BCUT2D eigenvalue weighted by Crippen LogP contribution is -2.17. The summed E-state index contributed by atoms with van der Waals surface area (Å²) in [4.78, 5) is 6.45. The van der Waals surface area contributed by atoms with Gasteiger partial charge in [-0.05, 0) is 25.1 Å². The average Bonchev–Trinajstić information content (AvgIpc) is 2.80. The van der Waals surface area contributed by atoms with Crippen LogP contribution >= 0.6 is 11.6 Å². The minimum absolute atomic E-state index is 0.627. The summed E-state index contributed by atoms with van der Waals surface area (Å²) in [7, 11) is 2.01. The van der Waals surface area contributed by atoms with Crippen LogP contribution in [0.2, 0.25) is 5.02 Å². The van der Waals surface area contributed by atoms with Crippen molar-refractivity contribution in [2.45, 2.75) is 32.9 Å². The van der Waals surface area contributed by atoms with E-state index in [2.05, 4.69) is 22.0 Å². The molecule has 0 N–H and O–H groups in total. The summed E-state index contributed by atoms with van der Waals surface area (Å²) in [6.45, 7) is 3.48. The van der Waals surface area contributed by atoms with E-state index in [4.69, 9.17) is 16.1 Å². The van der Waals surface area contributed by atoms with E-state index >= 15 is 0 Å². The number of aromatic nitrogens is 2. The monoisotopic (exact) mass is 279 g/mol. The molecule has 1 aromatic heterocycles. The van der Waals surface area contributed by atoms with Crippen molar-refractivity contribution in [1.82, 2.24) is 15.0 Å². The lowest BCUT2D eigenvalue weighted by Gasteiger charge is -2.14. The predicted octanol–water partition coefficient (Wildman–Crippen LogP) is 3.31. The van der Waals surface area contributed by atoms with E-state index in [0.717, 1.165) is 35.8 Å². The third-order valence-electron chi connectivity index (χ3n) is 2.79. The Morgan fingerprint density at radius 2 is 2.05 bits per heavy atom. The molecule has 2 rings (SSSR count). The summed E-state index contributed by atoms with van der Waals surface area (Å²) < 4.78 is 5.22. The molecule has 2 aromatic rings. The van der Waals surface area contributed by atoms with Crippen LogP contribution in [-0.2, 0) is 19.5 Å². The van der Waals surface area contributed by atoms with Crippen LogP contribution in [0.25, 0.3) is 0 Å². The molecule has 0 aliphatic heterocycles. The molecule has 0 radical (unpaired) electrons. The fraction of sp³-hybridized carbons (Fsp3) is 0.429. The number of rotatable bonds is 6. The Hall–Kier alpha value is -1.39. The minimum Gasteiger partial charge on any atom is -0.338 e. The summed E-state index contributed by atoms with van der Waals surface area (Å²) in [5.41, 5.74) is 1.10. The molecular weight excluding hydrogens is 262 g/mol. The summed E-state index contributed by atoms with van der Waals surface area (Å²) in [6, 6.07) is 7.84. The normalized spacial score (nSPS) is 11.2. The van der Waals surface area contributed by atoms with Gasteiger partial charge in [0, 0.05) is 18.0 Å². The molecular formula is C14H18ClN3O. The summed E-state index contributed by atoms with van der Waals surface area (Å²) >= 11 is 6.14. The van der Waals surface area contributed by atoms with Crippen LogP contribution in [0, 0.1) is 0 Å². The highest BCUT2D eigenvalue weighted by Crippen LogP contribution is 2.17. The molecule has 0 bridgehead atoms. The predicted molar refractivity (Wildman–Crippen MR) is 74.9 cm³/mol. The third kappa shape index (κ3) is 4.04. The van der Waals surface area contributed by atoms with E-state index < -0.39 is 0 Å². The molecule has 4 nitrogen and oxygen atoms in total. The van der Waals surface area contributed by atoms with Crippen molar-refractivity contribution >= 4 is 11.6 Å². The Bertz CT molecular complexity index is 527. The Morgan fingerprint density at radius 3 is 2.79 bits per heavy atom. The standard InChI is InChI=1S/C14H18ClN3O/c1-3-6-13-16-14(19-17-13)10-18(2)9-11-7-4-5-8-12(11)15/h4-5,7-8H,3,6,9-10H2,1-2H3. The van der Waals surface area contributed by atoms with E-state index in [1.54, 1.807) is 0 Å². The quantitative estimate of drug-likeness (QED) is 0.814. The van der Waals surface area contributed by atoms with Gasteiger partial charge in [0.05, 0.1) is 6.54 Å². The van der Waals surface area contributed by atoms with E-state index in [1.165, 1.54) is 0 Å². The van der Waals surface area contributed by atoms with Crippen LogP contribution in [0.4, 0.5) is 0 Å². The Balaban J connectivity index is 1.93. The number of benzene rings is 1. The van der Waals surface area contributed by atoms with Crippen molar-refractivity contribution in [3.63, 3.8) is 0 Å². The maximum atomic E-state index is 6.14. The summed E-state index contributed by atoms with van der Waals surface area (Å²) in [6.07, 6.45) is 1.88. The smallest absolute Gasteiger partial charge is 0.240 e. The minimum atomic E-state index is 0.627. The van der Waals surface area contributed by atoms with Gasteiger partial charge in [-0.3, -0.25) is 4.90 Å². The maximum Gasteiger partial charge on any atom is 0.240 e. The number of hydrogen-bond acceptors (Lipinski definition) is 4. The SMILES string of the molecule is CCCc1noc(CN(C)Cc2ccccc2Cl)n1. The number of aryl methyl sites for hydroxylation is 1. The molecule has 19 heavy (non-hydrogen) atoms. The third-order valence-corrected chi connectivity index (χ3v) is 3.16. The summed E-state index contributed by atoms with van der Waals surface area (Å²) in [5.74, 6) is 1.43. The van der Waals surface area contributed by atoms with Crippen LogP contribution in [0.3, 0.4) is 0 Å². The van der Waals surface area contributed by atoms with Crippen molar-refractivity contribution in [3.05, 3.63) is 46.6 Å². The van der Waals surface area contributed by atoms with Gasteiger partial charge in [-0.15, -0.1) is 0 Å². The Kier molecular flexibility index (Phi) is 4.93. The zero-order valence-corrected chi connectivity index (χ0v) is 12.0. The molecule has 0 fully saturated rings. The Labute approximate surface area is 118 Å². The van der Waals surface area contributed by atoms with Gasteiger partial charge in [0.25, 0.3) is 0 Å². The van der Waals surface area contributed by atoms with Gasteiger partial charge in [-0.2, -0.15) is 4.98 Å². The van der Waals surface area contributed by atoms with E-state index in [-0.39, 0.29) is 0 Å². The lowest BCUT2D eigenvalue weighted by atomic mass is 10.2. The first-order valence-corrected chi connectivity index (χ1v) is 6.80. The molecule has 0 aliphatic carbocycles. The van der Waals surface area contributed by atoms with E-state index in [0.29, 0.717) is 12.4 Å². The second-order valence-corrected chi connectivity index (χ2v) is 5.03. The van der Waals surface area contributed by atoms with Gasteiger partial charge in [0.2, 0.25) is 5.89 Å². The van der Waals surface area contributed by atoms with Gasteiger partial charge in [-0.1, -0.05) is 41.9 Å². The van der Waals surface area contributed by atoms with E-state index in [1.807, 2.05) is 31.3 Å². The zero-order valence-electron chi connectivity index (χ0n) is 11.3. The number of nitrogens with zero attached hydrogens (tertiary/aromatic N) is 3.